The summed E-state index contributed by atoms with van der Waals surface area (Å²) in [5.41, 5.74) is 3.66. The molecule has 0 amide bonds. The van der Waals surface area contributed by atoms with Crippen LogP contribution < -0.4 is 4.74 Å². The Morgan fingerprint density at radius 2 is 1.88 bits per heavy atom. The van der Waals surface area contributed by atoms with Crippen LogP contribution in [0.3, 0.4) is 0 Å². The molecule has 1 saturated carbocycles. The van der Waals surface area contributed by atoms with E-state index in [0.717, 1.165) is 35.4 Å². The first-order valence-electron chi connectivity index (χ1n) is 8.93. The lowest BCUT2D eigenvalue weighted by molar-refractivity contribution is 0.0698. The van der Waals surface area contributed by atoms with Crippen LogP contribution in [-0.4, -0.2) is 32.8 Å². The van der Waals surface area contributed by atoms with Crippen LogP contribution in [0.1, 0.15) is 54.1 Å². The van der Waals surface area contributed by atoms with Crippen molar-refractivity contribution in [1.82, 2.24) is 14.6 Å². The molecule has 2 aromatic heterocycles. The minimum atomic E-state index is -1.00. The molecule has 0 spiro atoms. The Labute approximate surface area is 151 Å². The highest BCUT2D eigenvalue weighted by molar-refractivity contribution is 5.94. The molecule has 0 bridgehead atoms. The van der Waals surface area contributed by atoms with Gasteiger partial charge in [-0.3, -0.25) is 0 Å². The Balaban J connectivity index is 1.91. The van der Waals surface area contributed by atoms with E-state index in [2.05, 4.69) is 10.1 Å². The minimum Gasteiger partial charge on any atom is -0.497 e. The van der Waals surface area contributed by atoms with Gasteiger partial charge in [-0.05, 0) is 30.5 Å². The largest absolute Gasteiger partial charge is 0.497 e. The fraction of sp³-hybridized carbons (Fsp3) is 0.350. The summed E-state index contributed by atoms with van der Waals surface area (Å²) < 4.78 is 6.99. The summed E-state index contributed by atoms with van der Waals surface area (Å²) in [5.74, 6) is 0.154. The Bertz CT molecular complexity index is 941. The van der Waals surface area contributed by atoms with Gasteiger partial charge in [-0.15, -0.1) is 0 Å². The second kappa shape index (κ2) is 6.78. The van der Waals surface area contributed by atoms with Crippen LogP contribution in [0.4, 0.5) is 0 Å². The van der Waals surface area contributed by atoms with Gasteiger partial charge < -0.3 is 9.84 Å². The van der Waals surface area contributed by atoms with E-state index < -0.39 is 5.97 Å². The fourth-order valence-electron chi connectivity index (χ4n) is 3.86. The number of hydrogen-bond donors (Lipinski definition) is 1. The lowest BCUT2D eigenvalue weighted by atomic mass is 9.84. The number of methoxy groups -OCH3 is 1. The van der Waals surface area contributed by atoms with Crippen molar-refractivity contribution in [3.8, 4) is 16.9 Å². The average Bonchev–Trinajstić information content (AvgIpc) is 3.12. The van der Waals surface area contributed by atoms with Crippen LogP contribution in [0.25, 0.3) is 16.8 Å². The Morgan fingerprint density at radius 1 is 1.15 bits per heavy atom. The van der Waals surface area contributed by atoms with E-state index in [1.54, 1.807) is 17.8 Å². The van der Waals surface area contributed by atoms with Crippen molar-refractivity contribution in [3.05, 3.63) is 47.9 Å². The summed E-state index contributed by atoms with van der Waals surface area (Å²) in [6, 6.07) is 7.87. The van der Waals surface area contributed by atoms with E-state index in [0.29, 0.717) is 11.6 Å². The third-order valence-corrected chi connectivity index (χ3v) is 5.19. The summed E-state index contributed by atoms with van der Waals surface area (Å²) in [6.45, 7) is 0. The molecule has 0 unspecified atom stereocenters. The molecule has 134 valence electrons. The number of carbonyl (C=O) groups is 1. The van der Waals surface area contributed by atoms with Gasteiger partial charge in [-0.25, -0.2) is 14.3 Å². The quantitative estimate of drug-likeness (QED) is 0.764. The number of aromatic nitrogens is 3. The predicted octanol–water partition coefficient (Wildman–Crippen LogP) is 4.15. The number of nitrogens with zero attached hydrogens (tertiary/aromatic N) is 3. The lowest BCUT2D eigenvalue weighted by Gasteiger charge is -2.25. The van der Waals surface area contributed by atoms with Crippen molar-refractivity contribution in [2.75, 3.05) is 7.11 Å². The Morgan fingerprint density at radius 3 is 2.54 bits per heavy atom. The minimum absolute atomic E-state index is 0.142. The molecule has 26 heavy (non-hydrogen) atoms. The lowest BCUT2D eigenvalue weighted by Crippen LogP contribution is -2.13. The van der Waals surface area contributed by atoms with Gasteiger partial charge in [0.2, 0.25) is 0 Å². The summed E-state index contributed by atoms with van der Waals surface area (Å²) in [5, 5.41) is 13.8. The first-order valence-corrected chi connectivity index (χ1v) is 8.93. The third-order valence-electron chi connectivity index (χ3n) is 5.19. The van der Waals surface area contributed by atoms with Crippen molar-refractivity contribution in [2.24, 2.45) is 0 Å². The molecule has 1 N–H and O–H groups in total. The van der Waals surface area contributed by atoms with Crippen molar-refractivity contribution < 1.29 is 14.6 Å². The molecular formula is C20H21N3O3. The van der Waals surface area contributed by atoms with Crippen molar-refractivity contribution in [3.63, 3.8) is 0 Å². The Hall–Kier alpha value is -2.89. The molecule has 4 rings (SSSR count). The van der Waals surface area contributed by atoms with Gasteiger partial charge in [0.1, 0.15) is 11.3 Å². The molecule has 6 heteroatoms. The van der Waals surface area contributed by atoms with Crippen molar-refractivity contribution in [2.45, 2.75) is 38.0 Å². The van der Waals surface area contributed by atoms with E-state index in [-0.39, 0.29) is 5.56 Å². The number of carboxylic acids is 1. The third kappa shape index (κ3) is 2.81. The molecule has 0 aliphatic heterocycles. The second-order valence-electron chi connectivity index (χ2n) is 6.72. The van der Waals surface area contributed by atoms with Gasteiger partial charge >= 0.3 is 5.97 Å². The van der Waals surface area contributed by atoms with Crippen molar-refractivity contribution >= 4 is 11.6 Å². The van der Waals surface area contributed by atoms with Crippen molar-refractivity contribution in [1.29, 1.82) is 0 Å². The van der Waals surface area contributed by atoms with E-state index in [9.17, 15) is 9.90 Å². The summed E-state index contributed by atoms with van der Waals surface area (Å²) in [7, 11) is 1.65. The highest BCUT2D eigenvalue weighted by Crippen LogP contribution is 2.38. The zero-order valence-corrected chi connectivity index (χ0v) is 14.7. The molecule has 3 aromatic rings. The molecular weight excluding hydrogens is 330 g/mol. The molecule has 6 nitrogen and oxygen atoms in total. The van der Waals surface area contributed by atoms with Gasteiger partial charge in [0, 0.05) is 17.7 Å². The number of fused-ring (bicyclic) bond motifs is 1. The molecule has 1 fully saturated rings. The highest BCUT2D eigenvalue weighted by Gasteiger charge is 2.25. The first-order chi connectivity index (χ1) is 12.7. The molecule has 1 aliphatic carbocycles. The standard InChI is InChI=1S/C20H21N3O3/c1-26-15-9-7-13(8-10-15)16-11-21-19-17(20(24)25)12-22-23(19)18(16)14-5-3-2-4-6-14/h7-12,14H,2-6H2,1H3,(H,24,25). The maximum Gasteiger partial charge on any atom is 0.341 e. The smallest absolute Gasteiger partial charge is 0.341 e. The monoisotopic (exact) mass is 351 g/mol. The summed E-state index contributed by atoms with van der Waals surface area (Å²) >= 11 is 0. The van der Waals surface area contributed by atoms with E-state index in [1.165, 1.54) is 25.5 Å². The van der Waals surface area contributed by atoms with E-state index >= 15 is 0 Å². The number of hydrogen-bond acceptors (Lipinski definition) is 4. The van der Waals surface area contributed by atoms with Crippen LogP contribution in [0.2, 0.25) is 0 Å². The van der Waals surface area contributed by atoms with Gasteiger partial charge in [-0.1, -0.05) is 31.4 Å². The maximum atomic E-state index is 11.5. The first kappa shape index (κ1) is 16.6. The molecule has 0 saturated heterocycles. The zero-order valence-electron chi connectivity index (χ0n) is 14.7. The summed E-state index contributed by atoms with van der Waals surface area (Å²) in [6.07, 6.45) is 8.98. The number of aromatic carboxylic acids is 1. The zero-order chi connectivity index (χ0) is 18.1. The van der Waals surface area contributed by atoms with Gasteiger partial charge in [0.05, 0.1) is 19.0 Å². The maximum absolute atomic E-state index is 11.5. The van der Waals surface area contributed by atoms with Crippen LogP contribution >= 0.6 is 0 Å². The van der Waals surface area contributed by atoms with Crippen LogP contribution in [0.15, 0.2) is 36.7 Å². The topological polar surface area (TPSA) is 76.7 Å². The van der Waals surface area contributed by atoms with Crippen LogP contribution in [-0.2, 0) is 0 Å². The van der Waals surface area contributed by atoms with Gasteiger partial charge in [0.15, 0.2) is 5.65 Å². The normalized spacial score (nSPS) is 15.3. The average molecular weight is 351 g/mol. The fourth-order valence-corrected chi connectivity index (χ4v) is 3.86. The van der Waals surface area contributed by atoms with Crippen LogP contribution in [0, 0.1) is 0 Å². The van der Waals surface area contributed by atoms with E-state index in [4.69, 9.17) is 4.74 Å². The molecule has 2 heterocycles. The number of rotatable bonds is 4. The molecule has 0 atom stereocenters. The SMILES string of the molecule is COc1ccc(-c2cnc3c(C(=O)O)cnn3c2C2CCCCC2)cc1. The number of benzene rings is 1. The molecule has 1 aromatic carbocycles. The Kier molecular flexibility index (Phi) is 4.32. The molecule has 0 radical (unpaired) electrons. The van der Waals surface area contributed by atoms with Gasteiger partial charge in [-0.2, -0.15) is 5.10 Å². The number of carboxylic acid groups (broad SMARTS) is 1. The second-order valence-corrected chi connectivity index (χ2v) is 6.72. The highest BCUT2D eigenvalue weighted by atomic mass is 16.5. The van der Waals surface area contributed by atoms with Gasteiger partial charge in [0.25, 0.3) is 0 Å². The molecule has 1 aliphatic rings. The predicted molar refractivity (Wildman–Crippen MR) is 97.8 cm³/mol. The number of ether oxygens (including phenoxy) is 1. The summed E-state index contributed by atoms with van der Waals surface area (Å²) in [4.78, 5) is 15.9. The van der Waals surface area contributed by atoms with Crippen LogP contribution in [0.5, 0.6) is 5.75 Å². The van der Waals surface area contributed by atoms with E-state index in [1.807, 2.05) is 24.3 Å².